The molecule has 0 radical (unpaired) electrons. The number of nitrogens with zero attached hydrogens (tertiary/aromatic N) is 1. The van der Waals surface area contributed by atoms with Crippen LogP contribution in [-0.2, 0) is 0 Å². The number of nitrogen functional groups attached to an aromatic ring is 1. The number of rotatable bonds is 3. The normalized spacial score (nSPS) is 9.38. The van der Waals surface area contributed by atoms with Gasteiger partial charge in [-0.2, -0.15) is 0 Å². The smallest absolute Gasteiger partial charge is 0.316 e. The number of para-hydroxylation sites is 1. The van der Waals surface area contributed by atoms with Crippen LogP contribution in [0.1, 0.15) is 0 Å². The van der Waals surface area contributed by atoms with Gasteiger partial charge >= 0.3 is 5.69 Å². The molecule has 0 amide bonds. The molecule has 4 N–H and O–H groups in total. The highest BCUT2D eigenvalue weighted by atomic mass is 16.6. The number of anilines is 2. The van der Waals surface area contributed by atoms with Crippen LogP contribution >= 0.6 is 0 Å². The van der Waals surface area contributed by atoms with Crippen molar-refractivity contribution < 1.29 is 4.92 Å². The van der Waals surface area contributed by atoms with Gasteiger partial charge in [0.1, 0.15) is 11.4 Å². The van der Waals surface area contributed by atoms with Crippen molar-refractivity contribution in [3.63, 3.8) is 0 Å². The minimum Gasteiger partial charge on any atom is -0.382 e. The summed E-state index contributed by atoms with van der Waals surface area (Å²) in [6.07, 6.45) is 0. The van der Waals surface area contributed by atoms with E-state index in [1.807, 2.05) is 0 Å². The molecular weight excluding hydrogens is 172 g/mol. The van der Waals surface area contributed by atoms with Gasteiger partial charge in [-0.15, -0.1) is 0 Å². The van der Waals surface area contributed by atoms with Gasteiger partial charge in [0.25, 0.3) is 0 Å². The molecule has 0 saturated carbocycles. The van der Waals surface area contributed by atoms with Gasteiger partial charge in [0.15, 0.2) is 0 Å². The van der Waals surface area contributed by atoms with E-state index in [4.69, 9.17) is 5.84 Å². The number of nitrogens with one attached hydrogen (secondary N) is 2. The lowest BCUT2D eigenvalue weighted by Crippen LogP contribution is -2.10. The van der Waals surface area contributed by atoms with Crippen LogP contribution in [-0.4, -0.2) is 12.0 Å². The topological polar surface area (TPSA) is 93.2 Å². The first-order valence-corrected chi connectivity index (χ1v) is 3.62. The summed E-state index contributed by atoms with van der Waals surface area (Å²) in [6, 6.07) is 4.83. The molecule has 1 aromatic rings. The fourth-order valence-corrected chi connectivity index (χ4v) is 1.06. The highest BCUT2D eigenvalue weighted by molar-refractivity contribution is 5.75. The van der Waals surface area contributed by atoms with Crippen molar-refractivity contribution in [3.05, 3.63) is 28.3 Å². The van der Waals surface area contributed by atoms with Crippen molar-refractivity contribution in [2.45, 2.75) is 0 Å². The number of nitro benzene ring substituents is 1. The number of benzene rings is 1. The highest BCUT2D eigenvalue weighted by Crippen LogP contribution is 2.31. The van der Waals surface area contributed by atoms with E-state index >= 15 is 0 Å². The largest absolute Gasteiger partial charge is 0.382 e. The third kappa shape index (κ3) is 1.67. The molecular formula is C7H10N4O2. The molecule has 0 aliphatic heterocycles. The SMILES string of the molecule is CNc1cccc(NN)c1[N+](=O)[O-]. The molecule has 1 aromatic carbocycles. The van der Waals surface area contributed by atoms with Crippen LogP contribution in [0.4, 0.5) is 17.1 Å². The summed E-state index contributed by atoms with van der Waals surface area (Å²) in [5.74, 6) is 5.13. The molecule has 0 unspecified atom stereocenters. The molecule has 0 aliphatic carbocycles. The maximum atomic E-state index is 10.6. The van der Waals surface area contributed by atoms with Crippen molar-refractivity contribution in [3.8, 4) is 0 Å². The van der Waals surface area contributed by atoms with E-state index in [-0.39, 0.29) is 11.4 Å². The van der Waals surface area contributed by atoms with Crippen molar-refractivity contribution >= 4 is 17.1 Å². The molecule has 0 spiro atoms. The first kappa shape index (κ1) is 9.27. The van der Waals surface area contributed by atoms with Crippen LogP contribution < -0.4 is 16.6 Å². The van der Waals surface area contributed by atoms with Crippen LogP contribution in [0.2, 0.25) is 0 Å². The molecule has 0 heterocycles. The molecule has 13 heavy (non-hydrogen) atoms. The Labute approximate surface area is 74.9 Å². The van der Waals surface area contributed by atoms with Gasteiger partial charge in [-0.1, -0.05) is 6.07 Å². The number of hydrogen-bond acceptors (Lipinski definition) is 5. The lowest BCUT2D eigenvalue weighted by molar-refractivity contribution is -0.383. The average molecular weight is 182 g/mol. The van der Waals surface area contributed by atoms with Gasteiger partial charge in [-0.05, 0) is 12.1 Å². The maximum absolute atomic E-state index is 10.6. The molecule has 0 aliphatic rings. The maximum Gasteiger partial charge on any atom is 0.316 e. The van der Waals surface area contributed by atoms with Crippen LogP contribution in [0.15, 0.2) is 18.2 Å². The highest BCUT2D eigenvalue weighted by Gasteiger charge is 2.17. The first-order chi connectivity index (χ1) is 6.20. The molecule has 0 fully saturated rings. The van der Waals surface area contributed by atoms with Crippen LogP contribution in [0, 0.1) is 10.1 Å². The summed E-state index contributed by atoms with van der Waals surface area (Å²) in [6.45, 7) is 0. The van der Waals surface area contributed by atoms with E-state index in [2.05, 4.69) is 10.7 Å². The van der Waals surface area contributed by atoms with Crippen molar-refractivity contribution in [2.75, 3.05) is 17.8 Å². The van der Waals surface area contributed by atoms with E-state index in [1.165, 1.54) is 0 Å². The van der Waals surface area contributed by atoms with E-state index < -0.39 is 4.92 Å². The number of hydrogen-bond donors (Lipinski definition) is 3. The van der Waals surface area contributed by atoms with Gasteiger partial charge in [0, 0.05) is 7.05 Å². The second kappa shape index (κ2) is 3.72. The number of hydrazine groups is 1. The van der Waals surface area contributed by atoms with Gasteiger partial charge in [-0.25, -0.2) is 0 Å². The molecule has 0 aromatic heterocycles. The van der Waals surface area contributed by atoms with E-state index in [0.717, 1.165) is 0 Å². The quantitative estimate of drug-likeness (QED) is 0.367. The Morgan fingerprint density at radius 1 is 1.46 bits per heavy atom. The summed E-state index contributed by atoms with van der Waals surface area (Å²) in [7, 11) is 1.61. The Hall–Kier alpha value is -1.82. The number of nitrogens with two attached hydrogens (primary N) is 1. The Morgan fingerprint density at radius 3 is 2.54 bits per heavy atom. The zero-order valence-corrected chi connectivity index (χ0v) is 7.07. The zero-order valence-electron chi connectivity index (χ0n) is 7.07. The van der Waals surface area contributed by atoms with Crippen molar-refractivity contribution in [1.29, 1.82) is 0 Å². The van der Waals surface area contributed by atoms with E-state index in [9.17, 15) is 10.1 Å². The Morgan fingerprint density at radius 2 is 2.08 bits per heavy atom. The van der Waals surface area contributed by atoms with E-state index in [0.29, 0.717) is 5.69 Å². The summed E-state index contributed by atoms with van der Waals surface area (Å²) < 4.78 is 0. The lowest BCUT2D eigenvalue weighted by atomic mass is 10.2. The third-order valence-electron chi connectivity index (χ3n) is 1.64. The second-order valence-corrected chi connectivity index (χ2v) is 2.35. The van der Waals surface area contributed by atoms with Gasteiger partial charge in [0.05, 0.1) is 4.92 Å². The lowest BCUT2D eigenvalue weighted by Gasteiger charge is -2.05. The average Bonchev–Trinajstić information content (AvgIpc) is 2.16. The molecule has 0 saturated heterocycles. The fourth-order valence-electron chi connectivity index (χ4n) is 1.06. The molecule has 6 heteroatoms. The molecule has 70 valence electrons. The van der Waals surface area contributed by atoms with Crippen molar-refractivity contribution in [2.24, 2.45) is 5.84 Å². The standard InChI is InChI=1S/C7H10N4O2/c1-9-5-3-2-4-6(10-8)7(5)11(12)13/h2-4,9-10H,8H2,1H3. The van der Waals surface area contributed by atoms with E-state index in [1.54, 1.807) is 25.2 Å². The Kier molecular flexibility index (Phi) is 2.65. The Bertz CT molecular complexity index is 304. The van der Waals surface area contributed by atoms with Crippen LogP contribution in [0.25, 0.3) is 0 Å². The third-order valence-corrected chi connectivity index (χ3v) is 1.64. The molecule has 6 nitrogen and oxygen atoms in total. The molecule has 0 atom stereocenters. The summed E-state index contributed by atoms with van der Waals surface area (Å²) >= 11 is 0. The molecule has 1 rings (SSSR count). The van der Waals surface area contributed by atoms with Crippen LogP contribution in [0.3, 0.4) is 0 Å². The first-order valence-electron chi connectivity index (χ1n) is 3.62. The van der Waals surface area contributed by atoms with Crippen molar-refractivity contribution in [1.82, 2.24) is 0 Å². The predicted octanol–water partition coefficient (Wildman–Crippen LogP) is 0.922. The predicted molar refractivity (Wildman–Crippen MR) is 50.5 cm³/mol. The van der Waals surface area contributed by atoms with Crippen LogP contribution in [0.5, 0.6) is 0 Å². The summed E-state index contributed by atoms with van der Waals surface area (Å²) in [4.78, 5) is 10.1. The summed E-state index contributed by atoms with van der Waals surface area (Å²) in [5, 5.41) is 13.3. The monoisotopic (exact) mass is 182 g/mol. The molecule has 0 bridgehead atoms. The van der Waals surface area contributed by atoms with Gasteiger partial charge in [0.2, 0.25) is 0 Å². The summed E-state index contributed by atoms with van der Waals surface area (Å²) in [5.41, 5.74) is 2.94. The zero-order chi connectivity index (χ0) is 9.84. The van der Waals surface area contributed by atoms with Gasteiger partial charge in [-0.3, -0.25) is 16.0 Å². The number of nitro groups is 1. The minimum absolute atomic E-state index is 0.0486. The fraction of sp³-hybridized carbons (Fsp3) is 0.143. The second-order valence-electron chi connectivity index (χ2n) is 2.35. The Balaban J connectivity index is 3.29. The van der Waals surface area contributed by atoms with Gasteiger partial charge < -0.3 is 10.7 Å². The minimum atomic E-state index is -0.485.